The summed E-state index contributed by atoms with van der Waals surface area (Å²) in [5, 5.41) is 8.80. The third-order valence-corrected chi connectivity index (χ3v) is 3.44. The largest absolute Gasteiger partial charge is 0.322 e. The Morgan fingerprint density at radius 2 is 2.05 bits per heavy atom. The second kappa shape index (κ2) is 6.17. The number of nitrogens with two attached hydrogens (primary N) is 1. The SMILES string of the molecule is CCc1cc(C(N)Cc2ncnn2C(C)C)n(CC)n1. The van der Waals surface area contributed by atoms with Crippen LogP contribution in [0.4, 0.5) is 0 Å². The lowest BCUT2D eigenvalue weighted by molar-refractivity contribution is 0.483. The Morgan fingerprint density at radius 3 is 2.65 bits per heavy atom. The standard InChI is InChI=1S/C14H24N6/c1-5-11-7-13(19(6-2)18-11)12(15)8-14-16-9-17-20(14)10(3)4/h7,9-10,12H,5-6,8,15H2,1-4H3. The molecule has 110 valence electrons. The van der Waals surface area contributed by atoms with E-state index in [1.807, 2.05) is 9.36 Å². The van der Waals surface area contributed by atoms with Gasteiger partial charge in [0.2, 0.25) is 0 Å². The summed E-state index contributed by atoms with van der Waals surface area (Å²) in [7, 11) is 0. The fraction of sp³-hybridized carbons (Fsp3) is 0.643. The normalized spacial score (nSPS) is 13.1. The Bertz CT molecular complexity index is 554. The summed E-state index contributed by atoms with van der Waals surface area (Å²) in [6, 6.07) is 2.29. The Balaban J connectivity index is 2.21. The van der Waals surface area contributed by atoms with Crippen molar-refractivity contribution in [1.82, 2.24) is 24.5 Å². The molecular weight excluding hydrogens is 252 g/mol. The van der Waals surface area contributed by atoms with Gasteiger partial charge in [0.25, 0.3) is 0 Å². The van der Waals surface area contributed by atoms with Crippen LogP contribution in [0.1, 0.15) is 57.0 Å². The van der Waals surface area contributed by atoms with Gasteiger partial charge in [0.05, 0.1) is 17.4 Å². The number of aromatic nitrogens is 5. The van der Waals surface area contributed by atoms with Crippen molar-refractivity contribution in [1.29, 1.82) is 0 Å². The van der Waals surface area contributed by atoms with E-state index in [2.05, 4.69) is 48.9 Å². The number of hydrogen-bond acceptors (Lipinski definition) is 4. The van der Waals surface area contributed by atoms with E-state index in [-0.39, 0.29) is 6.04 Å². The molecule has 0 radical (unpaired) electrons. The summed E-state index contributed by atoms with van der Waals surface area (Å²) in [5.74, 6) is 0.925. The lowest BCUT2D eigenvalue weighted by Crippen LogP contribution is -2.21. The highest BCUT2D eigenvalue weighted by molar-refractivity contribution is 5.15. The van der Waals surface area contributed by atoms with Gasteiger partial charge in [-0.05, 0) is 33.3 Å². The lowest BCUT2D eigenvalue weighted by atomic mass is 10.1. The van der Waals surface area contributed by atoms with Gasteiger partial charge in [-0.25, -0.2) is 9.67 Å². The van der Waals surface area contributed by atoms with E-state index >= 15 is 0 Å². The fourth-order valence-electron chi connectivity index (χ4n) is 2.36. The quantitative estimate of drug-likeness (QED) is 0.874. The summed E-state index contributed by atoms with van der Waals surface area (Å²) in [6.45, 7) is 9.20. The van der Waals surface area contributed by atoms with Crippen molar-refractivity contribution in [2.45, 2.75) is 59.2 Å². The Morgan fingerprint density at radius 1 is 1.30 bits per heavy atom. The van der Waals surface area contributed by atoms with Crippen LogP contribution in [0.5, 0.6) is 0 Å². The molecule has 6 heteroatoms. The molecular formula is C14H24N6. The van der Waals surface area contributed by atoms with E-state index in [0.29, 0.717) is 12.5 Å². The first-order valence-corrected chi connectivity index (χ1v) is 7.27. The summed E-state index contributed by atoms with van der Waals surface area (Å²) >= 11 is 0. The van der Waals surface area contributed by atoms with Crippen molar-refractivity contribution in [3.05, 3.63) is 29.6 Å². The predicted octanol–water partition coefficient (Wildman–Crippen LogP) is 1.88. The molecule has 0 saturated carbocycles. The van der Waals surface area contributed by atoms with Crippen molar-refractivity contribution < 1.29 is 0 Å². The number of rotatable bonds is 6. The average Bonchev–Trinajstić information content (AvgIpc) is 3.03. The van der Waals surface area contributed by atoms with E-state index in [9.17, 15) is 0 Å². The topological polar surface area (TPSA) is 74.5 Å². The van der Waals surface area contributed by atoms with Crippen molar-refractivity contribution in [2.75, 3.05) is 0 Å². The van der Waals surface area contributed by atoms with Crippen LogP contribution >= 0.6 is 0 Å². The maximum absolute atomic E-state index is 6.36. The number of hydrogen-bond donors (Lipinski definition) is 1. The molecule has 0 spiro atoms. The van der Waals surface area contributed by atoms with Gasteiger partial charge in [-0.1, -0.05) is 6.92 Å². The van der Waals surface area contributed by atoms with E-state index in [4.69, 9.17) is 5.73 Å². The van der Waals surface area contributed by atoms with E-state index in [1.165, 1.54) is 0 Å². The van der Waals surface area contributed by atoms with Crippen LogP contribution in [0.15, 0.2) is 12.4 Å². The Kier molecular flexibility index (Phi) is 4.54. The van der Waals surface area contributed by atoms with E-state index in [1.54, 1.807) is 6.33 Å². The third kappa shape index (κ3) is 2.90. The maximum atomic E-state index is 6.36. The van der Waals surface area contributed by atoms with Crippen LogP contribution in [0.2, 0.25) is 0 Å². The van der Waals surface area contributed by atoms with E-state index in [0.717, 1.165) is 30.2 Å². The molecule has 0 fully saturated rings. The zero-order valence-corrected chi connectivity index (χ0v) is 12.7. The first-order valence-electron chi connectivity index (χ1n) is 7.27. The number of aryl methyl sites for hydroxylation is 2. The molecule has 0 aliphatic rings. The zero-order chi connectivity index (χ0) is 14.7. The van der Waals surface area contributed by atoms with Crippen LogP contribution in [-0.4, -0.2) is 24.5 Å². The molecule has 2 rings (SSSR count). The second-order valence-electron chi connectivity index (χ2n) is 5.26. The van der Waals surface area contributed by atoms with Gasteiger partial charge in [0.1, 0.15) is 12.2 Å². The predicted molar refractivity (Wildman–Crippen MR) is 78.3 cm³/mol. The smallest absolute Gasteiger partial charge is 0.138 e. The van der Waals surface area contributed by atoms with Crippen LogP contribution < -0.4 is 5.73 Å². The Hall–Kier alpha value is -1.69. The maximum Gasteiger partial charge on any atom is 0.138 e. The van der Waals surface area contributed by atoms with Crippen LogP contribution in [-0.2, 0) is 19.4 Å². The minimum atomic E-state index is -0.107. The molecule has 0 aliphatic carbocycles. The van der Waals surface area contributed by atoms with Gasteiger partial charge >= 0.3 is 0 Å². The summed E-state index contributed by atoms with van der Waals surface area (Å²) in [5.41, 5.74) is 8.52. The first-order chi connectivity index (χ1) is 9.56. The molecule has 2 aromatic heterocycles. The molecule has 0 aliphatic heterocycles. The second-order valence-corrected chi connectivity index (χ2v) is 5.26. The molecule has 1 atom stereocenters. The molecule has 0 bridgehead atoms. The molecule has 20 heavy (non-hydrogen) atoms. The van der Waals surface area contributed by atoms with Gasteiger partial charge in [0, 0.05) is 19.0 Å². The molecule has 2 N–H and O–H groups in total. The molecule has 0 amide bonds. The fourth-order valence-corrected chi connectivity index (χ4v) is 2.36. The van der Waals surface area contributed by atoms with Crippen molar-refractivity contribution in [3.8, 4) is 0 Å². The van der Waals surface area contributed by atoms with Crippen LogP contribution in [0, 0.1) is 0 Å². The average molecular weight is 276 g/mol. The first kappa shape index (κ1) is 14.7. The third-order valence-electron chi connectivity index (χ3n) is 3.44. The molecule has 0 saturated heterocycles. The summed E-state index contributed by atoms with van der Waals surface area (Å²) in [6.07, 6.45) is 3.19. The molecule has 2 heterocycles. The van der Waals surface area contributed by atoms with Crippen molar-refractivity contribution >= 4 is 0 Å². The van der Waals surface area contributed by atoms with Crippen molar-refractivity contribution in [2.24, 2.45) is 5.73 Å². The lowest BCUT2D eigenvalue weighted by Gasteiger charge is -2.15. The minimum Gasteiger partial charge on any atom is -0.322 e. The zero-order valence-electron chi connectivity index (χ0n) is 12.7. The summed E-state index contributed by atoms with van der Waals surface area (Å²) in [4.78, 5) is 4.33. The monoisotopic (exact) mass is 276 g/mol. The van der Waals surface area contributed by atoms with Crippen LogP contribution in [0.3, 0.4) is 0 Å². The van der Waals surface area contributed by atoms with E-state index < -0.39 is 0 Å². The molecule has 1 unspecified atom stereocenters. The van der Waals surface area contributed by atoms with Crippen molar-refractivity contribution in [3.63, 3.8) is 0 Å². The summed E-state index contributed by atoms with van der Waals surface area (Å²) < 4.78 is 3.91. The van der Waals surface area contributed by atoms with Gasteiger partial charge < -0.3 is 5.73 Å². The highest BCUT2D eigenvalue weighted by Gasteiger charge is 2.17. The molecule has 0 aromatic carbocycles. The highest BCUT2D eigenvalue weighted by atomic mass is 15.3. The van der Waals surface area contributed by atoms with Gasteiger partial charge in [-0.2, -0.15) is 10.2 Å². The van der Waals surface area contributed by atoms with Gasteiger partial charge in [-0.3, -0.25) is 4.68 Å². The van der Waals surface area contributed by atoms with Gasteiger partial charge in [0.15, 0.2) is 0 Å². The Labute approximate surface area is 120 Å². The molecule has 6 nitrogen and oxygen atoms in total. The highest BCUT2D eigenvalue weighted by Crippen LogP contribution is 2.18. The van der Waals surface area contributed by atoms with Gasteiger partial charge in [-0.15, -0.1) is 0 Å². The minimum absolute atomic E-state index is 0.107. The molecule has 2 aromatic rings. The number of nitrogens with zero attached hydrogens (tertiary/aromatic N) is 5. The van der Waals surface area contributed by atoms with Crippen LogP contribution in [0.25, 0.3) is 0 Å².